The lowest BCUT2D eigenvalue weighted by Gasteiger charge is -2.49. The minimum atomic E-state index is -0.451. The van der Waals surface area contributed by atoms with Crippen LogP contribution in [0.5, 0.6) is 0 Å². The van der Waals surface area contributed by atoms with Gasteiger partial charge in [0.05, 0.1) is 38.5 Å². The van der Waals surface area contributed by atoms with Crippen molar-refractivity contribution >= 4 is 5.91 Å². The Bertz CT molecular complexity index is 872. The number of piperidine rings is 1. The molecule has 2 aliphatic heterocycles. The zero-order valence-electron chi connectivity index (χ0n) is 18.5. The van der Waals surface area contributed by atoms with E-state index in [-0.39, 0.29) is 12.3 Å². The second-order valence-corrected chi connectivity index (χ2v) is 8.25. The molecule has 0 aliphatic carbocycles. The van der Waals surface area contributed by atoms with Gasteiger partial charge in [0.2, 0.25) is 5.91 Å². The van der Waals surface area contributed by atoms with Crippen LogP contribution in [0, 0.1) is 13.8 Å². The average Bonchev–Trinajstić information content (AvgIpc) is 3.40. The van der Waals surface area contributed by atoms with Crippen molar-refractivity contribution < 1.29 is 18.8 Å². The van der Waals surface area contributed by atoms with Crippen molar-refractivity contribution in [2.75, 3.05) is 53.1 Å². The van der Waals surface area contributed by atoms with Crippen LogP contribution in [0.3, 0.4) is 0 Å². The largest absolute Gasteiger partial charge is 0.383 e. The summed E-state index contributed by atoms with van der Waals surface area (Å²) in [5, 5.41) is 16.6. The van der Waals surface area contributed by atoms with Gasteiger partial charge in [-0.2, -0.15) is 0 Å². The molecule has 0 spiro atoms. The fraction of sp³-hybridized carbons (Fsp3) is 0.750. The number of hydrogen-bond acceptors (Lipinski definition) is 9. The lowest BCUT2D eigenvalue weighted by atomic mass is 9.85. The first-order valence-electron chi connectivity index (χ1n) is 10.8. The van der Waals surface area contributed by atoms with Crippen molar-refractivity contribution in [2.45, 2.75) is 45.2 Å². The fourth-order valence-corrected chi connectivity index (χ4v) is 4.71. The number of amides is 1. The molecule has 11 heteroatoms. The maximum Gasteiger partial charge on any atom is 0.227 e. The molecule has 2 saturated heterocycles. The predicted octanol–water partition coefficient (Wildman–Crippen LogP) is 0.317. The maximum atomic E-state index is 13.3. The molecule has 1 amide bonds. The van der Waals surface area contributed by atoms with Crippen LogP contribution in [0.4, 0.5) is 0 Å². The second-order valence-electron chi connectivity index (χ2n) is 8.25. The van der Waals surface area contributed by atoms with E-state index in [0.29, 0.717) is 45.2 Å². The van der Waals surface area contributed by atoms with Crippen LogP contribution in [0.2, 0.25) is 0 Å². The van der Waals surface area contributed by atoms with E-state index in [4.69, 9.17) is 14.0 Å². The van der Waals surface area contributed by atoms with Gasteiger partial charge < -0.3 is 18.9 Å². The molecule has 2 fully saturated rings. The molecule has 1 atom stereocenters. The highest BCUT2D eigenvalue weighted by molar-refractivity contribution is 5.79. The molecule has 0 saturated carbocycles. The van der Waals surface area contributed by atoms with Crippen LogP contribution in [-0.4, -0.2) is 94.2 Å². The van der Waals surface area contributed by atoms with Crippen molar-refractivity contribution in [3.05, 3.63) is 22.8 Å². The number of methoxy groups -OCH3 is 1. The number of hydrogen-bond donors (Lipinski definition) is 0. The van der Waals surface area contributed by atoms with E-state index in [1.807, 2.05) is 23.4 Å². The number of aryl methyl sites for hydroxylation is 2. The first-order chi connectivity index (χ1) is 15.0. The number of likely N-dealkylation sites (tertiary alicyclic amines) is 1. The van der Waals surface area contributed by atoms with Crippen molar-refractivity contribution in [3.8, 4) is 0 Å². The van der Waals surface area contributed by atoms with Crippen molar-refractivity contribution in [3.63, 3.8) is 0 Å². The maximum absolute atomic E-state index is 13.3. The van der Waals surface area contributed by atoms with Gasteiger partial charge in [-0.15, -0.1) is 5.10 Å². The molecule has 0 N–H and O–H groups in total. The number of nitrogens with zero attached hydrogens (tertiary/aromatic N) is 7. The molecule has 0 aromatic carbocycles. The molecule has 0 bridgehead atoms. The molecule has 4 rings (SSSR count). The Kier molecular flexibility index (Phi) is 6.63. The Morgan fingerprint density at radius 2 is 2.03 bits per heavy atom. The summed E-state index contributed by atoms with van der Waals surface area (Å²) in [6, 6.07) is 0. The quantitative estimate of drug-likeness (QED) is 0.609. The number of carbonyl (C=O) groups is 1. The Balaban J connectivity index is 1.62. The number of tetrazole rings is 1. The fourth-order valence-electron chi connectivity index (χ4n) is 4.71. The second kappa shape index (κ2) is 9.41. The molecule has 0 radical (unpaired) electrons. The molecular weight excluding hydrogens is 402 g/mol. The van der Waals surface area contributed by atoms with E-state index < -0.39 is 5.54 Å². The Morgan fingerprint density at radius 3 is 2.74 bits per heavy atom. The summed E-state index contributed by atoms with van der Waals surface area (Å²) in [5.74, 6) is 1.56. The minimum Gasteiger partial charge on any atom is -0.383 e. The number of carbonyl (C=O) groups excluding carboxylic acids is 1. The summed E-state index contributed by atoms with van der Waals surface area (Å²) >= 11 is 0. The van der Waals surface area contributed by atoms with Gasteiger partial charge >= 0.3 is 0 Å². The lowest BCUT2D eigenvalue weighted by Crippen LogP contribution is -2.61. The normalized spacial score (nSPS) is 22.7. The molecule has 2 aliphatic rings. The van der Waals surface area contributed by atoms with Gasteiger partial charge in [-0.3, -0.25) is 9.69 Å². The summed E-state index contributed by atoms with van der Waals surface area (Å²) in [6.07, 6.45) is 2.05. The summed E-state index contributed by atoms with van der Waals surface area (Å²) in [6.45, 7) is 8.95. The van der Waals surface area contributed by atoms with E-state index >= 15 is 0 Å². The van der Waals surface area contributed by atoms with E-state index in [1.54, 1.807) is 7.11 Å². The van der Waals surface area contributed by atoms with Crippen LogP contribution in [0.1, 0.15) is 35.7 Å². The van der Waals surface area contributed by atoms with Crippen molar-refractivity contribution in [1.29, 1.82) is 0 Å². The standard InChI is InChI=1S/C20H31N7O4/c1-15-17(16(2)31-22-15)13-18(28)25-6-4-5-20(14-25,26-7-11-30-12-8-26)19-21-23-24-27(19)9-10-29-3/h4-14H2,1-3H3. The molecule has 31 heavy (non-hydrogen) atoms. The molecule has 11 nitrogen and oxygen atoms in total. The van der Waals surface area contributed by atoms with Gasteiger partial charge in [-0.25, -0.2) is 4.68 Å². The first kappa shape index (κ1) is 21.8. The predicted molar refractivity (Wildman–Crippen MR) is 109 cm³/mol. The smallest absolute Gasteiger partial charge is 0.227 e. The van der Waals surface area contributed by atoms with Gasteiger partial charge in [-0.1, -0.05) is 5.16 Å². The Labute approximate surface area is 181 Å². The number of ether oxygens (including phenoxy) is 2. The third kappa shape index (κ3) is 4.35. The number of rotatable bonds is 7. The Morgan fingerprint density at radius 1 is 1.23 bits per heavy atom. The Hall–Kier alpha value is -2.37. The SMILES string of the molecule is COCCn1nnnc1C1(N2CCOCC2)CCCN(C(=O)Cc2c(C)noc2C)C1. The van der Waals surface area contributed by atoms with Crippen molar-refractivity contribution in [2.24, 2.45) is 0 Å². The molecule has 2 aromatic heterocycles. The summed E-state index contributed by atoms with van der Waals surface area (Å²) in [5.41, 5.74) is 1.19. The topological polar surface area (TPSA) is 112 Å². The number of aromatic nitrogens is 5. The van der Waals surface area contributed by atoms with Crippen LogP contribution in [0.15, 0.2) is 4.52 Å². The zero-order valence-corrected chi connectivity index (χ0v) is 18.5. The van der Waals surface area contributed by atoms with E-state index in [0.717, 1.165) is 43.0 Å². The molecular formula is C20H31N7O4. The van der Waals surface area contributed by atoms with Gasteiger partial charge in [-0.05, 0) is 37.1 Å². The van der Waals surface area contributed by atoms with Gasteiger partial charge in [0.1, 0.15) is 11.3 Å². The highest BCUT2D eigenvalue weighted by atomic mass is 16.5. The van der Waals surface area contributed by atoms with Gasteiger partial charge in [0.25, 0.3) is 0 Å². The van der Waals surface area contributed by atoms with Gasteiger partial charge in [0, 0.05) is 38.9 Å². The molecule has 170 valence electrons. The van der Waals surface area contributed by atoms with E-state index in [2.05, 4.69) is 25.6 Å². The third-order valence-electron chi connectivity index (χ3n) is 6.40. The highest BCUT2D eigenvalue weighted by Gasteiger charge is 2.47. The third-order valence-corrected chi connectivity index (χ3v) is 6.40. The minimum absolute atomic E-state index is 0.0719. The van der Waals surface area contributed by atoms with Gasteiger partial charge in [0.15, 0.2) is 5.82 Å². The monoisotopic (exact) mass is 433 g/mol. The summed E-state index contributed by atoms with van der Waals surface area (Å²) < 4.78 is 17.9. The van der Waals surface area contributed by atoms with Crippen LogP contribution in [-0.2, 0) is 32.8 Å². The molecule has 4 heterocycles. The first-order valence-corrected chi connectivity index (χ1v) is 10.8. The lowest BCUT2D eigenvalue weighted by molar-refractivity contribution is -0.137. The highest BCUT2D eigenvalue weighted by Crippen LogP contribution is 2.37. The van der Waals surface area contributed by atoms with E-state index in [9.17, 15) is 4.79 Å². The zero-order chi connectivity index (χ0) is 21.8. The summed E-state index contributed by atoms with van der Waals surface area (Å²) in [4.78, 5) is 17.6. The van der Waals surface area contributed by atoms with Crippen LogP contribution >= 0.6 is 0 Å². The molecule has 2 aromatic rings. The van der Waals surface area contributed by atoms with Crippen molar-refractivity contribution in [1.82, 2.24) is 35.2 Å². The number of morpholine rings is 1. The van der Waals surface area contributed by atoms with Crippen LogP contribution in [0.25, 0.3) is 0 Å². The summed E-state index contributed by atoms with van der Waals surface area (Å²) in [7, 11) is 1.66. The van der Waals surface area contributed by atoms with E-state index in [1.165, 1.54) is 0 Å². The molecule has 1 unspecified atom stereocenters. The average molecular weight is 434 g/mol. The van der Waals surface area contributed by atoms with Crippen LogP contribution < -0.4 is 0 Å².